The summed E-state index contributed by atoms with van der Waals surface area (Å²) in [5.41, 5.74) is 10.5. The van der Waals surface area contributed by atoms with E-state index in [1.54, 1.807) is 21.0 Å². The van der Waals surface area contributed by atoms with Crippen molar-refractivity contribution in [3.63, 3.8) is 0 Å². The Bertz CT molecular complexity index is 1860. The molecule has 0 spiro atoms. The van der Waals surface area contributed by atoms with Crippen LogP contribution < -0.4 is 15.8 Å². The highest BCUT2D eigenvalue weighted by atomic mass is 16.5. The predicted octanol–water partition coefficient (Wildman–Crippen LogP) is 5.03. The number of hydrogen-bond donors (Lipinski definition) is 4. The Labute approximate surface area is 244 Å². The lowest BCUT2D eigenvalue weighted by atomic mass is 10.0. The third kappa shape index (κ3) is 5.51. The number of fused-ring (bicyclic) bond motifs is 2. The Hall–Kier alpha value is -4.89. The minimum atomic E-state index is -1.07. The maximum atomic E-state index is 13.3. The van der Waals surface area contributed by atoms with Crippen molar-refractivity contribution in [1.82, 2.24) is 30.0 Å². The number of carbonyl (C=O) groups excluding carboxylic acids is 1. The first kappa shape index (κ1) is 27.3. The molecule has 42 heavy (non-hydrogen) atoms. The molecule has 0 saturated carbocycles. The van der Waals surface area contributed by atoms with Crippen LogP contribution in [0.2, 0.25) is 0 Å². The fourth-order valence-corrected chi connectivity index (χ4v) is 5.38. The molecule has 6 rings (SSSR count). The van der Waals surface area contributed by atoms with Gasteiger partial charge in [-0.1, -0.05) is 48.5 Å². The monoisotopic (exact) mass is 561 g/mol. The van der Waals surface area contributed by atoms with Gasteiger partial charge in [-0.2, -0.15) is 0 Å². The number of carbonyl (C=O) groups is 1. The van der Waals surface area contributed by atoms with Gasteiger partial charge in [-0.15, -0.1) is 10.2 Å². The van der Waals surface area contributed by atoms with Gasteiger partial charge in [-0.3, -0.25) is 4.79 Å². The first-order valence-electron chi connectivity index (χ1n) is 14.0. The molecule has 0 fully saturated rings. The van der Waals surface area contributed by atoms with Gasteiger partial charge in [0.25, 0.3) is 0 Å². The smallest absolute Gasteiger partial charge is 0.240 e. The molecule has 5 N–H and O–H groups in total. The number of aromatic nitrogens is 5. The molecule has 3 aromatic carbocycles. The average Bonchev–Trinajstić information content (AvgIpc) is 3.70. The van der Waals surface area contributed by atoms with Gasteiger partial charge in [0.1, 0.15) is 11.6 Å². The molecule has 0 radical (unpaired) electrons. The van der Waals surface area contributed by atoms with Gasteiger partial charge in [0.2, 0.25) is 5.91 Å². The Balaban J connectivity index is 1.44. The second-order valence-corrected chi connectivity index (χ2v) is 11.3. The van der Waals surface area contributed by atoms with Crippen molar-refractivity contribution in [2.24, 2.45) is 5.73 Å². The molecular formula is C33H35N7O2. The van der Waals surface area contributed by atoms with Crippen molar-refractivity contribution in [1.29, 1.82) is 0 Å². The molecule has 9 heteroatoms. The number of rotatable bonds is 10. The van der Waals surface area contributed by atoms with E-state index in [-0.39, 0.29) is 5.91 Å². The van der Waals surface area contributed by atoms with E-state index in [0.717, 1.165) is 50.1 Å². The Morgan fingerprint density at radius 2 is 1.62 bits per heavy atom. The number of aromatic amines is 2. The van der Waals surface area contributed by atoms with E-state index in [0.29, 0.717) is 25.2 Å². The van der Waals surface area contributed by atoms with E-state index < -0.39 is 11.6 Å². The second-order valence-electron chi connectivity index (χ2n) is 11.3. The van der Waals surface area contributed by atoms with Gasteiger partial charge in [0.05, 0.1) is 25.2 Å². The van der Waals surface area contributed by atoms with Crippen LogP contribution in [0.3, 0.4) is 0 Å². The lowest BCUT2D eigenvalue weighted by molar-refractivity contribution is -0.126. The number of H-pyrrole nitrogens is 2. The van der Waals surface area contributed by atoms with Crippen LogP contribution in [-0.2, 0) is 24.2 Å². The third-order valence-corrected chi connectivity index (χ3v) is 7.66. The average molecular weight is 562 g/mol. The number of ether oxygens (including phenoxy) is 1. The normalized spacial score (nSPS) is 12.6. The molecule has 214 valence electrons. The molecule has 0 bridgehead atoms. The maximum Gasteiger partial charge on any atom is 0.240 e. The summed E-state index contributed by atoms with van der Waals surface area (Å²) in [5.74, 6) is 1.97. The van der Waals surface area contributed by atoms with Gasteiger partial charge in [-0.25, -0.2) is 0 Å². The van der Waals surface area contributed by atoms with Crippen LogP contribution in [-0.4, -0.2) is 43.3 Å². The van der Waals surface area contributed by atoms with E-state index in [2.05, 4.69) is 44.1 Å². The van der Waals surface area contributed by atoms with E-state index in [9.17, 15) is 4.79 Å². The number of nitrogens with zero attached hydrogens (tertiary/aromatic N) is 3. The van der Waals surface area contributed by atoms with Crippen molar-refractivity contribution in [3.8, 4) is 5.75 Å². The molecule has 3 heterocycles. The summed E-state index contributed by atoms with van der Waals surface area (Å²) >= 11 is 0. The zero-order valence-corrected chi connectivity index (χ0v) is 24.0. The summed E-state index contributed by atoms with van der Waals surface area (Å²) < 4.78 is 7.61. The molecule has 6 aromatic rings. The lowest BCUT2D eigenvalue weighted by Gasteiger charge is -2.25. The summed E-state index contributed by atoms with van der Waals surface area (Å²) in [6.07, 6.45) is 5.09. The molecule has 1 unspecified atom stereocenters. The number of para-hydroxylation sites is 2. The summed E-state index contributed by atoms with van der Waals surface area (Å²) in [5, 5.41) is 14.8. The molecule has 0 aliphatic heterocycles. The van der Waals surface area contributed by atoms with E-state index in [1.807, 2.05) is 60.9 Å². The number of nitrogens with two attached hydrogens (primary N) is 1. The third-order valence-electron chi connectivity index (χ3n) is 7.66. The largest absolute Gasteiger partial charge is 0.497 e. The number of hydrogen-bond acceptors (Lipinski definition) is 5. The number of benzene rings is 3. The summed E-state index contributed by atoms with van der Waals surface area (Å²) in [7, 11) is 1.66. The van der Waals surface area contributed by atoms with Crippen LogP contribution in [0, 0.1) is 0 Å². The van der Waals surface area contributed by atoms with Gasteiger partial charge >= 0.3 is 0 Å². The topological polar surface area (TPSA) is 127 Å². The molecular weight excluding hydrogens is 526 g/mol. The van der Waals surface area contributed by atoms with Crippen molar-refractivity contribution in [2.75, 3.05) is 7.11 Å². The van der Waals surface area contributed by atoms with Crippen LogP contribution in [0.4, 0.5) is 0 Å². The highest BCUT2D eigenvalue weighted by Gasteiger charge is 2.30. The fourth-order valence-electron chi connectivity index (χ4n) is 5.38. The highest BCUT2D eigenvalue weighted by Crippen LogP contribution is 2.27. The minimum absolute atomic E-state index is 0.263. The molecule has 0 saturated heterocycles. The zero-order valence-electron chi connectivity index (χ0n) is 24.0. The summed E-state index contributed by atoms with van der Waals surface area (Å²) in [6.45, 7) is 3.91. The van der Waals surface area contributed by atoms with Gasteiger partial charge in [0.15, 0.2) is 5.82 Å². The zero-order chi connectivity index (χ0) is 29.3. The summed E-state index contributed by atoms with van der Waals surface area (Å²) in [6, 6.07) is 23.8. The predicted molar refractivity (Wildman–Crippen MR) is 164 cm³/mol. The van der Waals surface area contributed by atoms with Gasteiger partial charge < -0.3 is 30.3 Å². The van der Waals surface area contributed by atoms with Crippen molar-refractivity contribution >= 4 is 27.7 Å². The van der Waals surface area contributed by atoms with Gasteiger partial charge in [-0.05, 0) is 54.8 Å². The number of methoxy groups -OCH3 is 1. The maximum absolute atomic E-state index is 13.3. The quantitative estimate of drug-likeness (QED) is 0.187. The van der Waals surface area contributed by atoms with Crippen LogP contribution in [0.5, 0.6) is 5.75 Å². The summed E-state index contributed by atoms with van der Waals surface area (Å²) in [4.78, 5) is 20.0. The van der Waals surface area contributed by atoms with Crippen molar-refractivity contribution in [3.05, 3.63) is 114 Å². The Morgan fingerprint density at radius 3 is 2.31 bits per heavy atom. The first-order chi connectivity index (χ1) is 20.3. The van der Waals surface area contributed by atoms with Crippen LogP contribution in [0.15, 0.2) is 85.2 Å². The van der Waals surface area contributed by atoms with Crippen LogP contribution >= 0.6 is 0 Å². The minimum Gasteiger partial charge on any atom is -0.497 e. The van der Waals surface area contributed by atoms with Crippen molar-refractivity contribution < 1.29 is 9.53 Å². The van der Waals surface area contributed by atoms with Crippen molar-refractivity contribution in [2.45, 2.75) is 44.8 Å². The second kappa shape index (κ2) is 11.2. The van der Waals surface area contributed by atoms with E-state index >= 15 is 0 Å². The Morgan fingerprint density at radius 1 is 0.952 bits per heavy atom. The molecule has 9 nitrogen and oxygen atoms in total. The van der Waals surface area contributed by atoms with Crippen LogP contribution in [0.1, 0.15) is 48.2 Å². The molecule has 3 aromatic heterocycles. The first-order valence-corrected chi connectivity index (χ1v) is 14.0. The van der Waals surface area contributed by atoms with Crippen LogP contribution in [0.25, 0.3) is 21.8 Å². The highest BCUT2D eigenvalue weighted by molar-refractivity contribution is 5.86. The number of amides is 1. The lowest BCUT2D eigenvalue weighted by Crippen LogP contribution is -2.50. The van der Waals surface area contributed by atoms with E-state index in [1.165, 1.54) is 0 Å². The fraction of sp³-hybridized carbons (Fsp3) is 0.242. The molecule has 0 aliphatic carbocycles. The molecule has 1 amide bonds. The SMILES string of the molecule is COc1cccc(Cn2c(Cc3c[nH]c4ccccc34)nnc2C(Cc2c[nH]c3ccccc23)NC(=O)C(C)(C)N)c1. The Kier molecular flexibility index (Phi) is 7.26. The van der Waals surface area contributed by atoms with Gasteiger partial charge in [0, 0.05) is 47.0 Å². The van der Waals surface area contributed by atoms with E-state index in [4.69, 9.17) is 20.7 Å². The molecule has 1 atom stereocenters. The standard InChI is InChI=1S/C33H35N7O2/c1-33(2,34)32(41)37-29(16-22-18-35-27-13-6-4-11-25(22)27)31-39-38-30(17-23-19-36-28-14-7-5-12-26(23)28)40(31)20-21-9-8-10-24(15-21)42-3/h4-15,18-19,29,35-36H,16-17,20,34H2,1-3H3,(H,37,41). The number of nitrogens with one attached hydrogen (secondary N) is 3. The molecule has 0 aliphatic rings.